The predicted molar refractivity (Wildman–Crippen MR) is 64.9 cm³/mol. The lowest BCUT2D eigenvalue weighted by Gasteiger charge is -2.39. The molecule has 2 atom stereocenters. The standard InChI is InChI=1S/C14H18O3/c1-14(2,3)11-9-7-5-6-8-10(9)12(15)17-13(11)16-4/h5-8,11,13H,1-4H3. The van der Waals surface area contributed by atoms with E-state index in [1.165, 1.54) is 0 Å². The summed E-state index contributed by atoms with van der Waals surface area (Å²) in [5, 5.41) is 0. The lowest BCUT2D eigenvalue weighted by molar-refractivity contribution is -0.127. The van der Waals surface area contributed by atoms with Crippen LogP contribution in [0.5, 0.6) is 0 Å². The van der Waals surface area contributed by atoms with Crippen LogP contribution in [-0.2, 0) is 9.47 Å². The predicted octanol–water partition coefficient (Wildman–Crippen LogP) is 2.96. The molecule has 0 saturated heterocycles. The number of benzene rings is 1. The summed E-state index contributed by atoms with van der Waals surface area (Å²) in [6, 6.07) is 7.59. The second-order valence-corrected chi connectivity index (χ2v) is 5.44. The largest absolute Gasteiger partial charge is 0.431 e. The molecule has 1 aliphatic rings. The van der Waals surface area contributed by atoms with Crippen LogP contribution in [0.2, 0.25) is 0 Å². The fourth-order valence-corrected chi connectivity index (χ4v) is 2.40. The van der Waals surface area contributed by atoms with E-state index in [0.29, 0.717) is 5.56 Å². The molecule has 2 unspecified atom stereocenters. The minimum atomic E-state index is -0.502. The summed E-state index contributed by atoms with van der Waals surface area (Å²) in [5.74, 6) is -0.241. The normalized spacial score (nSPS) is 24.1. The number of methoxy groups -OCH3 is 1. The van der Waals surface area contributed by atoms with Gasteiger partial charge < -0.3 is 9.47 Å². The molecule has 0 amide bonds. The van der Waals surface area contributed by atoms with Crippen molar-refractivity contribution in [3.05, 3.63) is 35.4 Å². The third-order valence-electron chi connectivity index (χ3n) is 3.18. The van der Waals surface area contributed by atoms with Crippen molar-refractivity contribution in [3.8, 4) is 0 Å². The minimum Gasteiger partial charge on any atom is -0.431 e. The van der Waals surface area contributed by atoms with Crippen LogP contribution in [0.15, 0.2) is 24.3 Å². The number of hydrogen-bond acceptors (Lipinski definition) is 3. The van der Waals surface area contributed by atoms with E-state index in [4.69, 9.17) is 9.47 Å². The van der Waals surface area contributed by atoms with Crippen molar-refractivity contribution in [2.45, 2.75) is 33.0 Å². The number of cyclic esters (lactones) is 1. The van der Waals surface area contributed by atoms with E-state index in [1.54, 1.807) is 7.11 Å². The first-order valence-corrected chi connectivity index (χ1v) is 5.78. The monoisotopic (exact) mass is 234 g/mol. The van der Waals surface area contributed by atoms with Crippen LogP contribution in [-0.4, -0.2) is 19.4 Å². The number of hydrogen-bond donors (Lipinski definition) is 0. The Hall–Kier alpha value is -1.35. The highest BCUT2D eigenvalue weighted by molar-refractivity contribution is 5.92. The molecule has 3 nitrogen and oxygen atoms in total. The van der Waals surface area contributed by atoms with Crippen LogP contribution in [0.25, 0.3) is 0 Å². The van der Waals surface area contributed by atoms with Gasteiger partial charge in [-0.1, -0.05) is 39.0 Å². The number of rotatable bonds is 1. The zero-order valence-electron chi connectivity index (χ0n) is 10.7. The Balaban J connectivity index is 2.55. The third kappa shape index (κ3) is 2.07. The topological polar surface area (TPSA) is 35.5 Å². The van der Waals surface area contributed by atoms with Gasteiger partial charge in [0.25, 0.3) is 0 Å². The summed E-state index contributed by atoms with van der Waals surface area (Å²) in [4.78, 5) is 11.8. The Morgan fingerprint density at radius 3 is 2.47 bits per heavy atom. The molecular formula is C14H18O3. The Morgan fingerprint density at radius 1 is 1.24 bits per heavy atom. The Morgan fingerprint density at radius 2 is 1.88 bits per heavy atom. The molecule has 1 aromatic carbocycles. The molecule has 0 radical (unpaired) electrons. The number of ether oxygens (including phenoxy) is 2. The Bertz CT molecular complexity index is 431. The Kier molecular flexibility index (Phi) is 2.96. The smallest absolute Gasteiger partial charge is 0.340 e. The van der Waals surface area contributed by atoms with Gasteiger partial charge in [-0.3, -0.25) is 0 Å². The first-order valence-electron chi connectivity index (χ1n) is 5.78. The SMILES string of the molecule is COC1OC(=O)c2ccccc2C1C(C)(C)C. The summed E-state index contributed by atoms with van der Waals surface area (Å²) in [7, 11) is 1.57. The zero-order valence-corrected chi connectivity index (χ0v) is 10.7. The van der Waals surface area contributed by atoms with E-state index in [9.17, 15) is 4.79 Å². The van der Waals surface area contributed by atoms with Crippen LogP contribution >= 0.6 is 0 Å². The van der Waals surface area contributed by atoms with E-state index in [-0.39, 0.29) is 17.3 Å². The molecule has 0 aliphatic carbocycles. The van der Waals surface area contributed by atoms with Crippen molar-refractivity contribution in [2.75, 3.05) is 7.11 Å². The van der Waals surface area contributed by atoms with E-state index in [2.05, 4.69) is 20.8 Å². The van der Waals surface area contributed by atoms with Gasteiger partial charge >= 0.3 is 5.97 Å². The average molecular weight is 234 g/mol. The van der Waals surface area contributed by atoms with Crippen molar-refractivity contribution in [3.63, 3.8) is 0 Å². The van der Waals surface area contributed by atoms with Gasteiger partial charge in [-0.2, -0.15) is 0 Å². The number of esters is 1. The first-order chi connectivity index (χ1) is 7.95. The number of carbonyl (C=O) groups excluding carboxylic acids is 1. The first kappa shape index (κ1) is 12.1. The highest BCUT2D eigenvalue weighted by atomic mass is 16.7. The second-order valence-electron chi connectivity index (χ2n) is 5.44. The summed E-state index contributed by atoms with van der Waals surface area (Å²) in [5.41, 5.74) is 1.64. The molecule has 1 heterocycles. The minimum absolute atomic E-state index is 0.0303. The molecule has 1 aromatic rings. The quantitative estimate of drug-likeness (QED) is 0.701. The van der Waals surface area contributed by atoms with Gasteiger partial charge in [0.15, 0.2) is 0 Å². The molecule has 0 fully saturated rings. The molecule has 17 heavy (non-hydrogen) atoms. The van der Waals surface area contributed by atoms with E-state index < -0.39 is 6.29 Å². The van der Waals surface area contributed by atoms with Crippen LogP contribution in [0.4, 0.5) is 0 Å². The number of fused-ring (bicyclic) bond motifs is 1. The highest BCUT2D eigenvalue weighted by Gasteiger charge is 2.42. The fraction of sp³-hybridized carbons (Fsp3) is 0.500. The van der Waals surface area contributed by atoms with Crippen molar-refractivity contribution >= 4 is 5.97 Å². The van der Waals surface area contributed by atoms with Crippen molar-refractivity contribution in [1.82, 2.24) is 0 Å². The molecule has 0 saturated carbocycles. The van der Waals surface area contributed by atoms with Gasteiger partial charge in [0, 0.05) is 7.11 Å². The van der Waals surface area contributed by atoms with Gasteiger partial charge in [0.1, 0.15) is 0 Å². The molecule has 92 valence electrons. The van der Waals surface area contributed by atoms with E-state index in [1.807, 2.05) is 24.3 Å². The van der Waals surface area contributed by atoms with E-state index in [0.717, 1.165) is 5.56 Å². The third-order valence-corrected chi connectivity index (χ3v) is 3.18. The van der Waals surface area contributed by atoms with Crippen LogP contribution in [0.1, 0.15) is 42.6 Å². The van der Waals surface area contributed by atoms with Crippen molar-refractivity contribution in [2.24, 2.45) is 5.41 Å². The highest BCUT2D eigenvalue weighted by Crippen LogP contribution is 2.43. The van der Waals surface area contributed by atoms with Gasteiger partial charge in [-0.15, -0.1) is 0 Å². The lowest BCUT2D eigenvalue weighted by Crippen LogP contribution is -2.39. The second kappa shape index (κ2) is 4.15. The number of carbonyl (C=O) groups is 1. The van der Waals surface area contributed by atoms with Crippen molar-refractivity contribution < 1.29 is 14.3 Å². The fourth-order valence-electron chi connectivity index (χ4n) is 2.40. The van der Waals surface area contributed by atoms with Crippen LogP contribution in [0.3, 0.4) is 0 Å². The van der Waals surface area contributed by atoms with Crippen LogP contribution < -0.4 is 0 Å². The zero-order chi connectivity index (χ0) is 12.6. The summed E-state index contributed by atoms with van der Waals surface area (Å²) < 4.78 is 10.7. The molecule has 2 rings (SSSR count). The maximum Gasteiger partial charge on any atom is 0.340 e. The van der Waals surface area contributed by atoms with E-state index >= 15 is 0 Å². The summed E-state index contributed by atoms with van der Waals surface area (Å²) in [6.45, 7) is 6.37. The lowest BCUT2D eigenvalue weighted by atomic mass is 9.73. The van der Waals surface area contributed by atoms with Crippen molar-refractivity contribution in [1.29, 1.82) is 0 Å². The molecule has 0 bridgehead atoms. The average Bonchev–Trinajstić information content (AvgIpc) is 2.27. The summed E-state index contributed by atoms with van der Waals surface area (Å²) in [6.07, 6.45) is -0.502. The van der Waals surface area contributed by atoms with Crippen LogP contribution in [0, 0.1) is 5.41 Å². The van der Waals surface area contributed by atoms with Gasteiger partial charge in [-0.05, 0) is 17.0 Å². The Labute approximate surface area is 102 Å². The molecule has 1 aliphatic heterocycles. The molecule has 3 heteroatoms. The molecule has 0 N–H and O–H groups in total. The molecular weight excluding hydrogens is 216 g/mol. The maximum absolute atomic E-state index is 11.8. The van der Waals surface area contributed by atoms with Gasteiger partial charge in [-0.25, -0.2) is 4.79 Å². The van der Waals surface area contributed by atoms with Gasteiger partial charge in [0.05, 0.1) is 11.5 Å². The molecule has 0 aromatic heterocycles. The molecule has 0 spiro atoms. The summed E-state index contributed by atoms with van der Waals surface area (Å²) >= 11 is 0. The van der Waals surface area contributed by atoms with Gasteiger partial charge in [0.2, 0.25) is 6.29 Å². The maximum atomic E-state index is 11.8.